The topological polar surface area (TPSA) is 26.0 Å². The highest BCUT2D eigenvalue weighted by molar-refractivity contribution is 5.81. The lowest BCUT2D eigenvalue weighted by Gasteiger charge is -2.31. The second kappa shape index (κ2) is 11.3. The maximum atomic E-state index is 5.78. The van der Waals surface area contributed by atoms with E-state index in [1.54, 1.807) is 0 Å². The second-order valence-corrected chi connectivity index (χ2v) is 10.8. The van der Waals surface area contributed by atoms with E-state index in [0.29, 0.717) is 11.8 Å². The van der Waals surface area contributed by atoms with Crippen LogP contribution in [-0.4, -0.2) is 4.98 Å². The zero-order valence-corrected chi connectivity index (χ0v) is 22.8. The van der Waals surface area contributed by atoms with E-state index in [-0.39, 0.29) is 0 Å². The molecule has 2 heteroatoms. The molecule has 0 aliphatic heterocycles. The number of aromatic nitrogens is 1. The number of hydrogen-bond acceptors (Lipinski definition) is 2. The number of aryl methyl sites for hydroxylation is 3. The van der Waals surface area contributed by atoms with Gasteiger partial charge in [-0.15, -0.1) is 0 Å². The summed E-state index contributed by atoms with van der Waals surface area (Å²) in [5.41, 5.74) is 11.1. The van der Waals surface area contributed by atoms with E-state index in [1.165, 1.54) is 65.5 Å². The molecule has 1 fully saturated rings. The highest BCUT2D eigenvalue weighted by Crippen LogP contribution is 2.40. The van der Waals surface area contributed by atoms with Crippen LogP contribution < -0.4 is 0 Å². The van der Waals surface area contributed by atoms with Crippen molar-refractivity contribution < 1.29 is 4.42 Å². The van der Waals surface area contributed by atoms with Gasteiger partial charge in [0.2, 0.25) is 0 Å². The molecule has 2 aromatic heterocycles. The van der Waals surface area contributed by atoms with Crippen LogP contribution in [0.5, 0.6) is 0 Å². The minimum atomic E-state index is 0.486. The van der Waals surface area contributed by atoms with Crippen molar-refractivity contribution in [2.24, 2.45) is 5.92 Å². The number of rotatable bonds is 7. The van der Waals surface area contributed by atoms with Crippen molar-refractivity contribution in [2.45, 2.75) is 72.1 Å². The molecule has 1 atom stereocenters. The third kappa shape index (κ3) is 5.49. The quantitative estimate of drug-likeness (QED) is 0.258. The Bertz CT molecular complexity index is 1330. The third-order valence-electron chi connectivity index (χ3n) is 8.21. The Kier molecular flexibility index (Phi) is 7.74. The lowest BCUT2D eigenvalue weighted by Crippen LogP contribution is -2.19. The van der Waals surface area contributed by atoms with Crippen LogP contribution in [0.2, 0.25) is 0 Å². The summed E-state index contributed by atoms with van der Waals surface area (Å²) in [6.07, 6.45) is 13.8. The van der Waals surface area contributed by atoms with Gasteiger partial charge in [0.25, 0.3) is 0 Å². The SMILES string of the molecule is C/C=C(/c1ccc(C)cc1)c1ncc(-c2c(C)coc2C)cc1C[C@@H](c1ccccc1)C1CCCCC1. The molecule has 37 heavy (non-hydrogen) atoms. The molecule has 0 amide bonds. The minimum absolute atomic E-state index is 0.486. The fourth-order valence-electron chi connectivity index (χ4n) is 6.25. The van der Waals surface area contributed by atoms with E-state index in [2.05, 4.69) is 87.5 Å². The number of nitrogens with zero attached hydrogens (tertiary/aromatic N) is 1. The first-order chi connectivity index (χ1) is 18.0. The van der Waals surface area contributed by atoms with Gasteiger partial charge in [-0.2, -0.15) is 0 Å². The largest absolute Gasteiger partial charge is 0.469 e. The monoisotopic (exact) mass is 489 g/mol. The van der Waals surface area contributed by atoms with Crippen LogP contribution in [0.3, 0.4) is 0 Å². The summed E-state index contributed by atoms with van der Waals surface area (Å²) in [6.45, 7) is 8.45. The van der Waals surface area contributed by atoms with Gasteiger partial charge in [-0.05, 0) is 87.1 Å². The fraction of sp³-hybridized carbons (Fsp3) is 0.343. The number of hydrogen-bond donors (Lipinski definition) is 0. The van der Waals surface area contributed by atoms with Gasteiger partial charge < -0.3 is 4.42 Å². The van der Waals surface area contributed by atoms with E-state index in [0.717, 1.165) is 29.0 Å². The summed E-state index contributed by atoms with van der Waals surface area (Å²) in [4.78, 5) is 5.17. The van der Waals surface area contributed by atoms with E-state index < -0.39 is 0 Å². The summed E-state index contributed by atoms with van der Waals surface area (Å²) in [5, 5.41) is 0. The van der Waals surface area contributed by atoms with E-state index in [4.69, 9.17) is 9.40 Å². The molecule has 0 spiro atoms. The maximum Gasteiger partial charge on any atom is 0.108 e. The molecule has 4 aromatic rings. The van der Waals surface area contributed by atoms with Gasteiger partial charge in [0.1, 0.15) is 5.76 Å². The number of allylic oxidation sites excluding steroid dienone is 1. The standard InChI is InChI=1S/C35H39NO/c1-5-32(29-18-16-24(2)17-19-29)35-30(20-31(22-36-35)34-25(3)23-37-26(34)4)21-33(27-12-8-6-9-13-27)28-14-10-7-11-15-28/h5-6,8-9,12-13,16-20,22-23,28,33H,7,10-11,14-15,21H2,1-4H3/b32-5-/t33-/m0/s1. The van der Waals surface area contributed by atoms with Crippen molar-refractivity contribution in [3.8, 4) is 11.1 Å². The van der Waals surface area contributed by atoms with Crippen LogP contribution in [0.1, 0.15) is 84.2 Å². The first kappa shape index (κ1) is 25.3. The molecule has 1 aliphatic carbocycles. The van der Waals surface area contributed by atoms with Gasteiger partial charge in [0.15, 0.2) is 0 Å². The van der Waals surface area contributed by atoms with Crippen molar-refractivity contribution in [3.63, 3.8) is 0 Å². The van der Waals surface area contributed by atoms with Crippen LogP contribution in [-0.2, 0) is 6.42 Å². The van der Waals surface area contributed by atoms with Crippen LogP contribution in [0.15, 0.2) is 83.6 Å². The third-order valence-corrected chi connectivity index (χ3v) is 8.21. The van der Waals surface area contributed by atoms with Gasteiger partial charge in [0, 0.05) is 22.9 Å². The summed E-state index contributed by atoms with van der Waals surface area (Å²) >= 11 is 0. The molecule has 2 aromatic carbocycles. The molecule has 0 radical (unpaired) electrons. The van der Waals surface area contributed by atoms with Crippen LogP contribution in [0, 0.1) is 26.7 Å². The predicted molar refractivity (Wildman–Crippen MR) is 155 cm³/mol. The van der Waals surface area contributed by atoms with Crippen LogP contribution in [0.4, 0.5) is 0 Å². The Morgan fingerprint density at radius 1 is 0.973 bits per heavy atom. The first-order valence-electron chi connectivity index (χ1n) is 13.9. The Labute approximate surface area is 222 Å². The second-order valence-electron chi connectivity index (χ2n) is 10.8. The molecular formula is C35H39NO. The van der Waals surface area contributed by atoms with Crippen molar-refractivity contribution in [1.29, 1.82) is 0 Å². The summed E-state index contributed by atoms with van der Waals surface area (Å²) in [5.74, 6) is 2.15. The van der Waals surface area contributed by atoms with E-state index in [9.17, 15) is 0 Å². The molecule has 1 aliphatic rings. The minimum Gasteiger partial charge on any atom is -0.469 e. The number of furan rings is 1. The predicted octanol–water partition coefficient (Wildman–Crippen LogP) is 9.63. The fourth-order valence-corrected chi connectivity index (χ4v) is 6.25. The molecule has 190 valence electrons. The zero-order valence-electron chi connectivity index (χ0n) is 22.8. The maximum absolute atomic E-state index is 5.78. The van der Waals surface area contributed by atoms with E-state index in [1.807, 2.05) is 19.4 Å². The number of benzene rings is 2. The summed E-state index contributed by atoms with van der Waals surface area (Å²) in [7, 11) is 0. The smallest absolute Gasteiger partial charge is 0.108 e. The van der Waals surface area contributed by atoms with Crippen molar-refractivity contribution in [2.75, 3.05) is 0 Å². The highest BCUT2D eigenvalue weighted by atomic mass is 16.3. The lowest BCUT2D eigenvalue weighted by atomic mass is 9.73. The molecule has 0 bridgehead atoms. The molecule has 2 heterocycles. The lowest BCUT2D eigenvalue weighted by molar-refractivity contribution is 0.302. The first-order valence-corrected chi connectivity index (χ1v) is 13.9. The normalized spacial score (nSPS) is 15.6. The van der Waals surface area contributed by atoms with Crippen LogP contribution >= 0.6 is 0 Å². The summed E-state index contributed by atoms with van der Waals surface area (Å²) in [6, 6.07) is 22.4. The number of pyridine rings is 1. The Balaban J connectivity index is 1.63. The highest BCUT2D eigenvalue weighted by Gasteiger charge is 2.27. The average Bonchev–Trinajstić information content (AvgIpc) is 3.27. The molecule has 1 saturated carbocycles. The summed E-state index contributed by atoms with van der Waals surface area (Å²) < 4.78 is 5.78. The molecule has 0 saturated heterocycles. The van der Waals surface area contributed by atoms with Gasteiger partial charge in [-0.1, -0.05) is 85.5 Å². The van der Waals surface area contributed by atoms with Gasteiger partial charge in [0.05, 0.1) is 12.0 Å². The Morgan fingerprint density at radius 3 is 2.35 bits per heavy atom. The molecule has 5 rings (SSSR count). The van der Waals surface area contributed by atoms with Crippen LogP contribution in [0.25, 0.3) is 16.7 Å². The molecule has 0 unspecified atom stereocenters. The molecule has 2 nitrogen and oxygen atoms in total. The molecule has 0 N–H and O–H groups in total. The zero-order chi connectivity index (χ0) is 25.8. The Hall–Kier alpha value is -3.39. The van der Waals surface area contributed by atoms with Gasteiger partial charge in [-0.25, -0.2) is 0 Å². The van der Waals surface area contributed by atoms with Crippen molar-refractivity contribution in [1.82, 2.24) is 4.98 Å². The van der Waals surface area contributed by atoms with E-state index >= 15 is 0 Å². The van der Waals surface area contributed by atoms with Gasteiger partial charge >= 0.3 is 0 Å². The average molecular weight is 490 g/mol. The van der Waals surface area contributed by atoms with Gasteiger partial charge in [-0.3, -0.25) is 4.98 Å². The van der Waals surface area contributed by atoms with Crippen molar-refractivity contribution >= 4 is 5.57 Å². The molecular weight excluding hydrogens is 450 g/mol. The Morgan fingerprint density at radius 2 is 1.70 bits per heavy atom. The van der Waals surface area contributed by atoms with Crippen molar-refractivity contribution in [3.05, 3.63) is 118 Å².